The standard InChI is InChI=1S/C17H22N4O2/c1-13-12-16(19(2)18-13)17(22)21-10-8-20(9-11-21)14-4-6-15(23-3)7-5-14/h4-7,12H,8-11H2,1-3H3. The predicted molar refractivity (Wildman–Crippen MR) is 89.1 cm³/mol. The summed E-state index contributed by atoms with van der Waals surface area (Å²) in [5, 5.41) is 4.25. The van der Waals surface area contributed by atoms with Gasteiger partial charge in [0.1, 0.15) is 11.4 Å². The fourth-order valence-corrected chi connectivity index (χ4v) is 2.93. The second-order valence-electron chi connectivity index (χ2n) is 5.77. The van der Waals surface area contributed by atoms with E-state index in [-0.39, 0.29) is 5.91 Å². The van der Waals surface area contributed by atoms with Gasteiger partial charge in [0, 0.05) is 38.9 Å². The van der Waals surface area contributed by atoms with Gasteiger partial charge in [0.15, 0.2) is 0 Å². The van der Waals surface area contributed by atoms with E-state index in [1.807, 2.05) is 37.1 Å². The van der Waals surface area contributed by atoms with E-state index in [4.69, 9.17) is 4.74 Å². The van der Waals surface area contributed by atoms with Crippen molar-refractivity contribution >= 4 is 11.6 Å². The third kappa shape index (κ3) is 3.16. The Balaban J connectivity index is 1.63. The van der Waals surface area contributed by atoms with E-state index in [9.17, 15) is 4.79 Å². The van der Waals surface area contributed by atoms with Gasteiger partial charge in [-0.2, -0.15) is 5.10 Å². The first-order valence-corrected chi connectivity index (χ1v) is 7.77. The molecule has 1 saturated heterocycles. The number of hydrogen-bond donors (Lipinski definition) is 0. The highest BCUT2D eigenvalue weighted by Crippen LogP contribution is 2.21. The van der Waals surface area contributed by atoms with Crippen molar-refractivity contribution < 1.29 is 9.53 Å². The number of nitrogens with zero attached hydrogens (tertiary/aromatic N) is 4. The number of aryl methyl sites for hydroxylation is 2. The number of aromatic nitrogens is 2. The molecule has 23 heavy (non-hydrogen) atoms. The van der Waals surface area contributed by atoms with Crippen LogP contribution in [0, 0.1) is 6.92 Å². The van der Waals surface area contributed by atoms with Gasteiger partial charge in [-0.05, 0) is 37.3 Å². The number of benzene rings is 1. The lowest BCUT2D eigenvalue weighted by atomic mass is 10.2. The van der Waals surface area contributed by atoms with Crippen LogP contribution in [0.15, 0.2) is 30.3 Å². The molecule has 0 saturated carbocycles. The molecule has 0 spiro atoms. The minimum absolute atomic E-state index is 0.0579. The molecule has 6 heteroatoms. The Hall–Kier alpha value is -2.50. The van der Waals surface area contributed by atoms with Gasteiger partial charge in [0.25, 0.3) is 5.91 Å². The molecule has 1 aliphatic heterocycles. The molecule has 0 aliphatic carbocycles. The van der Waals surface area contributed by atoms with Crippen molar-refractivity contribution in [2.75, 3.05) is 38.2 Å². The van der Waals surface area contributed by atoms with Crippen molar-refractivity contribution in [3.05, 3.63) is 41.7 Å². The molecule has 0 N–H and O–H groups in total. The van der Waals surface area contributed by atoms with E-state index in [0.29, 0.717) is 5.69 Å². The summed E-state index contributed by atoms with van der Waals surface area (Å²) in [6.45, 7) is 4.99. The van der Waals surface area contributed by atoms with Crippen molar-refractivity contribution in [1.29, 1.82) is 0 Å². The normalized spacial score (nSPS) is 14.9. The lowest BCUT2D eigenvalue weighted by Crippen LogP contribution is -2.49. The van der Waals surface area contributed by atoms with E-state index in [0.717, 1.165) is 43.3 Å². The number of anilines is 1. The van der Waals surface area contributed by atoms with Gasteiger partial charge in [0.05, 0.1) is 12.8 Å². The van der Waals surface area contributed by atoms with Gasteiger partial charge in [-0.15, -0.1) is 0 Å². The molecule has 0 bridgehead atoms. The SMILES string of the molecule is COc1ccc(N2CCN(C(=O)c3cc(C)nn3C)CC2)cc1. The van der Waals surface area contributed by atoms with Crippen molar-refractivity contribution in [1.82, 2.24) is 14.7 Å². The first kappa shape index (κ1) is 15.4. The zero-order valence-corrected chi connectivity index (χ0v) is 13.8. The molecule has 122 valence electrons. The summed E-state index contributed by atoms with van der Waals surface area (Å²) in [6.07, 6.45) is 0. The molecule has 0 atom stereocenters. The van der Waals surface area contributed by atoms with Crippen LogP contribution in [0.2, 0.25) is 0 Å². The number of hydrogen-bond acceptors (Lipinski definition) is 4. The molecule has 2 heterocycles. The number of carbonyl (C=O) groups excluding carboxylic acids is 1. The maximum atomic E-state index is 12.6. The van der Waals surface area contributed by atoms with E-state index >= 15 is 0 Å². The van der Waals surface area contributed by atoms with Crippen LogP contribution in [0.1, 0.15) is 16.2 Å². The number of methoxy groups -OCH3 is 1. The molecule has 1 fully saturated rings. The average Bonchev–Trinajstić information content (AvgIpc) is 2.93. The van der Waals surface area contributed by atoms with Gasteiger partial charge in [-0.25, -0.2) is 0 Å². The Morgan fingerprint density at radius 3 is 2.30 bits per heavy atom. The van der Waals surface area contributed by atoms with Crippen LogP contribution in [0.5, 0.6) is 5.75 Å². The van der Waals surface area contributed by atoms with Crippen molar-refractivity contribution in [3.8, 4) is 5.75 Å². The van der Waals surface area contributed by atoms with Gasteiger partial charge >= 0.3 is 0 Å². The number of piperazine rings is 1. The number of rotatable bonds is 3. The fourth-order valence-electron chi connectivity index (χ4n) is 2.93. The minimum atomic E-state index is 0.0579. The maximum absolute atomic E-state index is 12.6. The maximum Gasteiger partial charge on any atom is 0.272 e. The van der Waals surface area contributed by atoms with Crippen LogP contribution in [0.3, 0.4) is 0 Å². The molecular formula is C17H22N4O2. The Kier molecular flexibility index (Phi) is 4.23. The Bertz CT molecular complexity index is 685. The lowest BCUT2D eigenvalue weighted by Gasteiger charge is -2.36. The van der Waals surface area contributed by atoms with Crippen LogP contribution in [-0.4, -0.2) is 53.9 Å². The summed E-state index contributed by atoms with van der Waals surface area (Å²) >= 11 is 0. The zero-order chi connectivity index (χ0) is 16.4. The van der Waals surface area contributed by atoms with Crippen LogP contribution in [0.25, 0.3) is 0 Å². The largest absolute Gasteiger partial charge is 0.497 e. The molecule has 1 aromatic carbocycles. The lowest BCUT2D eigenvalue weighted by molar-refractivity contribution is 0.0735. The Labute approximate surface area is 136 Å². The number of carbonyl (C=O) groups is 1. The second-order valence-corrected chi connectivity index (χ2v) is 5.77. The minimum Gasteiger partial charge on any atom is -0.497 e. The highest BCUT2D eigenvalue weighted by Gasteiger charge is 2.24. The Morgan fingerprint density at radius 2 is 1.78 bits per heavy atom. The fraction of sp³-hybridized carbons (Fsp3) is 0.412. The van der Waals surface area contributed by atoms with Gasteiger partial charge < -0.3 is 14.5 Å². The Morgan fingerprint density at radius 1 is 1.13 bits per heavy atom. The van der Waals surface area contributed by atoms with E-state index in [1.165, 1.54) is 0 Å². The van der Waals surface area contributed by atoms with Gasteiger partial charge in [0.2, 0.25) is 0 Å². The summed E-state index contributed by atoms with van der Waals surface area (Å²) in [5.41, 5.74) is 2.68. The summed E-state index contributed by atoms with van der Waals surface area (Å²) in [7, 11) is 3.48. The molecule has 6 nitrogen and oxygen atoms in total. The average molecular weight is 314 g/mol. The van der Waals surface area contributed by atoms with Crippen LogP contribution in [0.4, 0.5) is 5.69 Å². The smallest absolute Gasteiger partial charge is 0.272 e. The van der Waals surface area contributed by atoms with Gasteiger partial charge in [-0.3, -0.25) is 9.48 Å². The quantitative estimate of drug-likeness (QED) is 0.865. The van der Waals surface area contributed by atoms with Crippen LogP contribution < -0.4 is 9.64 Å². The first-order chi connectivity index (χ1) is 11.1. The van der Waals surface area contributed by atoms with E-state index in [2.05, 4.69) is 22.1 Å². The van der Waals surface area contributed by atoms with Gasteiger partial charge in [-0.1, -0.05) is 0 Å². The topological polar surface area (TPSA) is 50.6 Å². The molecule has 2 aromatic rings. The molecule has 0 unspecified atom stereocenters. The van der Waals surface area contributed by atoms with Crippen molar-refractivity contribution in [3.63, 3.8) is 0 Å². The zero-order valence-electron chi connectivity index (χ0n) is 13.8. The second kappa shape index (κ2) is 6.32. The van der Waals surface area contributed by atoms with Crippen molar-refractivity contribution in [2.45, 2.75) is 6.92 Å². The number of ether oxygens (including phenoxy) is 1. The predicted octanol–water partition coefficient (Wildman–Crippen LogP) is 1.70. The summed E-state index contributed by atoms with van der Waals surface area (Å²) in [6, 6.07) is 9.89. The summed E-state index contributed by atoms with van der Waals surface area (Å²) in [4.78, 5) is 16.8. The molecule has 1 aliphatic rings. The van der Waals surface area contributed by atoms with Crippen LogP contribution in [-0.2, 0) is 7.05 Å². The first-order valence-electron chi connectivity index (χ1n) is 7.77. The molecule has 3 rings (SSSR count). The summed E-state index contributed by atoms with van der Waals surface area (Å²) in [5.74, 6) is 0.914. The highest BCUT2D eigenvalue weighted by atomic mass is 16.5. The summed E-state index contributed by atoms with van der Waals surface area (Å²) < 4.78 is 6.85. The van der Waals surface area contributed by atoms with E-state index in [1.54, 1.807) is 11.8 Å². The third-order valence-electron chi connectivity index (χ3n) is 4.23. The highest BCUT2D eigenvalue weighted by molar-refractivity contribution is 5.92. The monoisotopic (exact) mass is 314 g/mol. The van der Waals surface area contributed by atoms with E-state index < -0.39 is 0 Å². The molecule has 1 aromatic heterocycles. The number of amides is 1. The third-order valence-corrected chi connectivity index (χ3v) is 4.23. The molecular weight excluding hydrogens is 292 g/mol. The van der Waals surface area contributed by atoms with Crippen LogP contribution >= 0.6 is 0 Å². The molecule has 0 radical (unpaired) electrons. The van der Waals surface area contributed by atoms with Crippen molar-refractivity contribution in [2.24, 2.45) is 7.05 Å². The molecule has 1 amide bonds.